The molecule has 31 heavy (non-hydrogen) atoms. The van der Waals surface area contributed by atoms with Crippen molar-refractivity contribution < 1.29 is 27.5 Å². The summed E-state index contributed by atoms with van der Waals surface area (Å²) in [7, 11) is -4.06. The minimum absolute atomic E-state index is 0.0260. The Bertz CT molecular complexity index is 1060. The number of carbonyl (C=O) groups excluding carboxylic acids is 2. The highest BCUT2D eigenvalue weighted by Gasteiger charge is 2.22. The van der Waals surface area contributed by atoms with E-state index in [9.17, 15) is 18.0 Å². The smallest absolute Gasteiger partial charge is 0.338 e. The Morgan fingerprint density at radius 2 is 1.94 bits per heavy atom. The van der Waals surface area contributed by atoms with Crippen molar-refractivity contribution in [2.24, 2.45) is 0 Å². The van der Waals surface area contributed by atoms with Gasteiger partial charge in [0.25, 0.3) is 15.9 Å². The van der Waals surface area contributed by atoms with Crippen LogP contribution in [0.2, 0.25) is 5.02 Å². The molecule has 1 heterocycles. The van der Waals surface area contributed by atoms with Gasteiger partial charge in [-0.3, -0.25) is 9.52 Å². The first-order valence-electron chi connectivity index (χ1n) is 9.38. The third-order valence-electron chi connectivity index (χ3n) is 4.44. The van der Waals surface area contributed by atoms with Gasteiger partial charge in [-0.2, -0.15) is 0 Å². The number of rotatable bonds is 8. The second-order valence-corrected chi connectivity index (χ2v) is 9.75. The fourth-order valence-corrected chi connectivity index (χ4v) is 4.71. The molecule has 1 aliphatic rings. The van der Waals surface area contributed by atoms with E-state index >= 15 is 0 Å². The van der Waals surface area contributed by atoms with E-state index in [-0.39, 0.29) is 21.6 Å². The van der Waals surface area contributed by atoms with Crippen molar-refractivity contribution in [1.82, 2.24) is 5.32 Å². The molecule has 2 aromatic rings. The number of esters is 1. The topological polar surface area (TPSA) is 111 Å². The standard InChI is InChI=1S/C20H20BrClN2O6S/c21-14-4-6-15(7-5-14)24-31(27,28)18-10-13(3-8-17(18)22)20(26)30-12-19(25)23-11-16-2-1-9-29-16/h3-8,10,16,24H,1-2,9,11-12H2,(H,23,25). The highest BCUT2D eigenvalue weighted by atomic mass is 79.9. The molecule has 0 saturated carbocycles. The monoisotopic (exact) mass is 530 g/mol. The van der Waals surface area contributed by atoms with E-state index in [2.05, 4.69) is 26.0 Å². The van der Waals surface area contributed by atoms with Crippen molar-refractivity contribution in [3.05, 3.63) is 57.5 Å². The lowest BCUT2D eigenvalue weighted by Gasteiger charge is -2.12. The first-order chi connectivity index (χ1) is 14.7. The van der Waals surface area contributed by atoms with Crippen molar-refractivity contribution in [2.75, 3.05) is 24.5 Å². The summed E-state index contributed by atoms with van der Waals surface area (Å²) in [5.41, 5.74) is 0.280. The van der Waals surface area contributed by atoms with E-state index in [1.165, 1.54) is 12.1 Å². The Balaban J connectivity index is 1.63. The van der Waals surface area contributed by atoms with Gasteiger partial charge in [0.1, 0.15) is 4.90 Å². The number of amides is 1. The Morgan fingerprint density at radius 3 is 2.61 bits per heavy atom. The van der Waals surface area contributed by atoms with Crippen molar-refractivity contribution in [3.63, 3.8) is 0 Å². The number of benzene rings is 2. The molecule has 1 atom stereocenters. The molecule has 0 bridgehead atoms. The lowest BCUT2D eigenvalue weighted by Crippen LogP contribution is -2.34. The number of nitrogens with one attached hydrogen (secondary N) is 2. The van der Waals surface area contributed by atoms with Gasteiger partial charge in [-0.15, -0.1) is 0 Å². The van der Waals surface area contributed by atoms with E-state index in [4.69, 9.17) is 21.1 Å². The first-order valence-corrected chi connectivity index (χ1v) is 12.0. The second-order valence-electron chi connectivity index (χ2n) is 6.77. The van der Waals surface area contributed by atoms with Gasteiger partial charge in [-0.05, 0) is 55.3 Å². The Morgan fingerprint density at radius 1 is 1.19 bits per heavy atom. The van der Waals surface area contributed by atoms with Gasteiger partial charge in [0, 0.05) is 23.3 Å². The molecule has 0 radical (unpaired) electrons. The summed E-state index contributed by atoms with van der Waals surface area (Å²) in [4.78, 5) is 23.9. The lowest BCUT2D eigenvalue weighted by molar-refractivity contribution is -0.124. The molecule has 166 valence electrons. The lowest BCUT2D eigenvalue weighted by atomic mass is 10.2. The summed E-state index contributed by atoms with van der Waals surface area (Å²) in [6.07, 6.45) is 1.80. The van der Waals surface area contributed by atoms with Gasteiger partial charge in [0.15, 0.2) is 6.61 Å². The van der Waals surface area contributed by atoms with Crippen LogP contribution >= 0.6 is 27.5 Å². The Labute approximate surface area is 193 Å². The SMILES string of the molecule is O=C(COC(=O)c1ccc(Cl)c(S(=O)(=O)Nc2ccc(Br)cc2)c1)NCC1CCCO1. The van der Waals surface area contributed by atoms with Crippen LogP contribution in [-0.4, -0.2) is 46.2 Å². The fourth-order valence-electron chi connectivity index (χ4n) is 2.86. The molecular weight excluding hydrogens is 512 g/mol. The largest absolute Gasteiger partial charge is 0.452 e. The van der Waals surface area contributed by atoms with Crippen molar-refractivity contribution in [1.29, 1.82) is 0 Å². The van der Waals surface area contributed by atoms with Gasteiger partial charge >= 0.3 is 5.97 Å². The molecule has 1 saturated heterocycles. The van der Waals surface area contributed by atoms with Crippen molar-refractivity contribution in [3.8, 4) is 0 Å². The van der Waals surface area contributed by atoms with Crippen LogP contribution in [-0.2, 0) is 24.3 Å². The molecule has 8 nitrogen and oxygen atoms in total. The van der Waals surface area contributed by atoms with Gasteiger partial charge in [-0.25, -0.2) is 13.2 Å². The molecule has 0 aliphatic carbocycles. The fraction of sp³-hybridized carbons (Fsp3) is 0.300. The number of ether oxygens (including phenoxy) is 2. The predicted octanol–water partition coefficient (Wildman–Crippen LogP) is 3.36. The van der Waals surface area contributed by atoms with Crippen LogP contribution in [0.3, 0.4) is 0 Å². The third kappa shape index (κ3) is 6.67. The van der Waals surface area contributed by atoms with Crippen LogP contribution in [0.15, 0.2) is 51.8 Å². The van der Waals surface area contributed by atoms with Crippen LogP contribution < -0.4 is 10.0 Å². The molecule has 11 heteroatoms. The maximum Gasteiger partial charge on any atom is 0.338 e. The predicted molar refractivity (Wildman–Crippen MR) is 119 cm³/mol. The number of hydrogen-bond donors (Lipinski definition) is 2. The molecule has 0 spiro atoms. The molecule has 1 fully saturated rings. The summed E-state index contributed by atoms with van der Waals surface area (Å²) >= 11 is 9.33. The summed E-state index contributed by atoms with van der Waals surface area (Å²) in [6.45, 7) is 0.531. The maximum atomic E-state index is 12.7. The zero-order valence-electron chi connectivity index (χ0n) is 16.3. The highest BCUT2D eigenvalue weighted by Crippen LogP contribution is 2.26. The van der Waals surface area contributed by atoms with Crippen molar-refractivity contribution in [2.45, 2.75) is 23.8 Å². The van der Waals surface area contributed by atoms with Crippen LogP contribution in [0.1, 0.15) is 23.2 Å². The van der Waals surface area contributed by atoms with Gasteiger partial charge in [0.2, 0.25) is 0 Å². The molecule has 0 aromatic heterocycles. The van der Waals surface area contributed by atoms with Gasteiger partial charge < -0.3 is 14.8 Å². The number of hydrogen-bond acceptors (Lipinski definition) is 6. The molecule has 1 aliphatic heterocycles. The maximum absolute atomic E-state index is 12.7. The average Bonchev–Trinajstić information content (AvgIpc) is 3.26. The number of sulfonamides is 1. The van der Waals surface area contributed by atoms with Gasteiger partial charge in [0.05, 0.1) is 16.7 Å². The zero-order chi connectivity index (χ0) is 22.4. The Kier molecular flexibility index (Phi) is 7.93. The summed E-state index contributed by atoms with van der Waals surface area (Å²) in [5, 5.41) is 2.58. The summed E-state index contributed by atoms with van der Waals surface area (Å²) < 4.78 is 39.0. The minimum Gasteiger partial charge on any atom is -0.452 e. The van der Waals surface area contributed by atoms with E-state index in [0.29, 0.717) is 18.8 Å². The number of anilines is 1. The van der Waals surface area contributed by atoms with Crippen LogP contribution in [0.5, 0.6) is 0 Å². The minimum atomic E-state index is -4.06. The summed E-state index contributed by atoms with van der Waals surface area (Å²) in [5.74, 6) is -1.31. The molecule has 3 rings (SSSR count). The van der Waals surface area contributed by atoms with E-state index in [1.807, 2.05) is 0 Å². The highest BCUT2D eigenvalue weighted by molar-refractivity contribution is 9.10. The first kappa shape index (κ1) is 23.5. The van der Waals surface area contributed by atoms with Crippen LogP contribution in [0, 0.1) is 0 Å². The summed E-state index contributed by atoms with van der Waals surface area (Å²) in [6, 6.07) is 10.2. The molecule has 2 aromatic carbocycles. The van der Waals surface area contributed by atoms with E-state index < -0.39 is 28.5 Å². The second kappa shape index (κ2) is 10.4. The van der Waals surface area contributed by atoms with E-state index in [1.54, 1.807) is 24.3 Å². The molecule has 1 amide bonds. The van der Waals surface area contributed by atoms with Gasteiger partial charge in [-0.1, -0.05) is 27.5 Å². The molecule has 1 unspecified atom stereocenters. The number of halogens is 2. The normalized spacial score (nSPS) is 16.0. The van der Waals surface area contributed by atoms with Crippen molar-refractivity contribution >= 4 is 55.1 Å². The van der Waals surface area contributed by atoms with E-state index in [0.717, 1.165) is 23.4 Å². The van der Waals surface area contributed by atoms with Crippen LogP contribution in [0.25, 0.3) is 0 Å². The average molecular weight is 532 g/mol. The molecule has 2 N–H and O–H groups in total. The number of carbonyl (C=O) groups is 2. The Hall–Kier alpha value is -2.14. The third-order valence-corrected chi connectivity index (χ3v) is 6.83. The zero-order valence-corrected chi connectivity index (χ0v) is 19.4. The molecular formula is C20H20BrClN2O6S. The quantitative estimate of drug-likeness (QED) is 0.506. The van der Waals surface area contributed by atoms with Crippen LogP contribution in [0.4, 0.5) is 5.69 Å².